The zero-order valence-electron chi connectivity index (χ0n) is 22.2. The summed E-state index contributed by atoms with van der Waals surface area (Å²) < 4.78 is 22.2. The van der Waals surface area contributed by atoms with Crippen molar-refractivity contribution in [2.24, 2.45) is 0 Å². The van der Waals surface area contributed by atoms with E-state index in [4.69, 9.17) is 18.9 Å². The first-order valence-corrected chi connectivity index (χ1v) is 13.0. The van der Waals surface area contributed by atoms with Crippen LogP contribution in [0.15, 0.2) is 48.5 Å². The molecule has 1 saturated heterocycles. The van der Waals surface area contributed by atoms with Gasteiger partial charge in [0.15, 0.2) is 5.79 Å². The highest BCUT2D eigenvalue weighted by Crippen LogP contribution is 2.35. The highest BCUT2D eigenvalue weighted by atomic mass is 16.8. The number of hydrogen-bond donors (Lipinski definition) is 4. The monoisotopic (exact) mass is 518 g/mol. The molecule has 2 aromatic carbocycles. The van der Waals surface area contributed by atoms with Gasteiger partial charge in [-0.1, -0.05) is 24.3 Å². The first kappa shape index (κ1) is 29.4. The Hall–Kier alpha value is -2.20. The molecule has 6 atom stereocenters. The molecule has 1 heterocycles. The lowest BCUT2D eigenvalue weighted by Gasteiger charge is -2.26. The average molecular weight is 519 g/mol. The molecule has 0 spiro atoms. The second kappa shape index (κ2) is 13.6. The van der Waals surface area contributed by atoms with E-state index < -0.39 is 42.4 Å². The van der Waals surface area contributed by atoms with Gasteiger partial charge >= 0.3 is 0 Å². The molecule has 1 fully saturated rings. The quantitative estimate of drug-likeness (QED) is 0.296. The van der Waals surface area contributed by atoms with E-state index in [1.54, 1.807) is 52.3 Å². The highest BCUT2D eigenvalue weighted by Gasteiger charge is 2.47. The Bertz CT molecular complexity index is 854. The smallest absolute Gasteiger partial charge is 0.164 e. The second-order valence-corrected chi connectivity index (χ2v) is 10.1. The van der Waals surface area contributed by atoms with Crippen molar-refractivity contribution in [1.82, 2.24) is 0 Å². The fraction of sp³-hybridized carbons (Fsp3) is 0.586. The molecule has 206 valence electrons. The number of rotatable bonds is 14. The van der Waals surface area contributed by atoms with E-state index in [9.17, 15) is 20.4 Å². The summed E-state index contributed by atoms with van der Waals surface area (Å²) in [5.74, 6) is 0.530. The van der Waals surface area contributed by atoms with E-state index in [1.165, 1.54) is 0 Å². The number of hydrogen-bond acceptors (Lipinski definition) is 8. The van der Waals surface area contributed by atoms with Crippen LogP contribution in [0.1, 0.15) is 75.7 Å². The van der Waals surface area contributed by atoms with Crippen LogP contribution in [-0.4, -0.2) is 64.8 Å². The molecule has 1 aliphatic heterocycles. The Kier molecular flexibility index (Phi) is 10.8. The van der Waals surface area contributed by atoms with Crippen molar-refractivity contribution in [1.29, 1.82) is 0 Å². The van der Waals surface area contributed by atoms with Crippen LogP contribution in [0.3, 0.4) is 0 Å². The summed E-state index contributed by atoms with van der Waals surface area (Å²) in [7, 11) is 3.19. The lowest BCUT2D eigenvalue weighted by atomic mass is 9.94. The van der Waals surface area contributed by atoms with Crippen molar-refractivity contribution < 1.29 is 39.4 Å². The van der Waals surface area contributed by atoms with Gasteiger partial charge in [0.2, 0.25) is 0 Å². The fourth-order valence-electron chi connectivity index (χ4n) is 4.77. The number of ether oxygens (including phenoxy) is 4. The second-order valence-electron chi connectivity index (χ2n) is 10.1. The maximum atomic E-state index is 10.9. The lowest BCUT2D eigenvalue weighted by molar-refractivity contribution is -0.161. The number of methoxy groups -OCH3 is 2. The van der Waals surface area contributed by atoms with Crippen molar-refractivity contribution in [2.75, 3.05) is 14.2 Å². The van der Waals surface area contributed by atoms with Gasteiger partial charge in [0.25, 0.3) is 0 Å². The van der Waals surface area contributed by atoms with Gasteiger partial charge in [0.1, 0.15) is 23.7 Å². The molecule has 1 aliphatic rings. The molecule has 8 nitrogen and oxygen atoms in total. The van der Waals surface area contributed by atoms with Gasteiger partial charge in [-0.05, 0) is 87.8 Å². The van der Waals surface area contributed by atoms with Gasteiger partial charge < -0.3 is 39.4 Å². The summed E-state index contributed by atoms with van der Waals surface area (Å²) in [6.45, 7) is 3.53. The molecular formula is C29H42O8. The molecule has 0 bridgehead atoms. The lowest BCUT2D eigenvalue weighted by Crippen LogP contribution is -2.42. The minimum absolute atomic E-state index is 0.400. The van der Waals surface area contributed by atoms with Gasteiger partial charge in [-0.3, -0.25) is 0 Å². The summed E-state index contributed by atoms with van der Waals surface area (Å²) >= 11 is 0. The maximum absolute atomic E-state index is 10.9. The summed E-state index contributed by atoms with van der Waals surface area (Å²) in [4.78, 5) is 0. The van der Waals surface area contributed by atoms with Crippen molar-refractivity contribution in [3.8, 4) is 11.5 Å². The Morgan fingerprint density at radius 2 is 1.00 bits per heavy atom. The van der Waals surface area contributed by atoms with E-state index >= 15 is 0 Å². The molecule has 0 aromatic heterocycles. The minimum atomic E-state index is -0.928. The van der Waals surface area contributed by atoms with Gasteiger partial charge in [-0.2, -0.15) is 0 Å². The minimum Gasteiger partial charge on any atom is -0.497 e. The van der Waals surface area contributed by atoms with E-state index in [0.717, 1.165) is 22.6 Å². The van der Waals surface area contributed by atoms with Crippen LogP contribution in [0, 0.1) is 0 Å². The predicted molar refractivity (Wildman–Crippen MR) is 139 cm³/mol. The normalized spacial score (nSPS) is 22.3. The van der Waals surface area contributed by atoms with Crippen LogP contribution in [0.4, 0.5) is 0 Å². The molecule has 3 rings (SSSR count). The molecule has 2 aromatic rings. The van der Waals surface area contributed by atoms with Crippen molar-refractivity contribution in [3.05, 3.63) is 59.7 Å². The third kappa shape index (κ3) is 8.40. The Morgan fingerprint density at radius 3 is 1.32 bits per heavy atom. The Balaban J connectivity index is 1.47. The van der Waals surface area contributed by atoms with E-state index in [1.807, 2.05) is 24.3 Å². The first-order chi connectivity index (χ1) is 17.6. The van der Waals surface area contributed by atoms with Crippen LogP contribution in [0.5, 0.6) is 11.5 Å². The number of aliphatic hydroxyl groups is 4. The molecule has 0 amide bonds. The van der Waals surface area contributed by atoms with Gasteiger partial charge in [0, 0.05) is 0 Å². The largest absolute Gasteiger partial charge is 0.497 e. The number of aliphatic hydroxyl groups excluding tert-OH is 4. The Labute approximate surface area is 219 Å². The third-order valence-corrected chi connectivity index (χ3v) is 6.88. The van der Waals surface area contributed by atoms with Crippen molar-refractivity contribution >= 4 is 0 Å². The van der Waals surface area contributed by atoms with Crippen LogP contribution >= 0.6 is 0 Å². The molecule has 0 saturated carbocycles. The summed E-state index contributed by atoms with van der Waals surface area (Å²) in [6, 6.07) is 14.5. The van der Waals surface area contributed by atoms with Crippen LogP contribution in [-0.2, 0) is 9.47 Å². The molecule has 37 heavy (non-hydrogen) atoms. The standard InChI is InChI=1S/C29H42O8/c1-29(2)36-27(25(32)9-5-7-23(30)19-11-15-21(34-3)16-12-19)28(37-29)26(33)10-6-8-24(31)20-13-17-22(35-4)18-14-20/h11-18,23-28,30-33H,5-10H2,1-4H3/t23?,24?,25-,26-,27+,28+/m1/s1. The molecule has 0 aliphatic carbocycles. The molecule has 0 radical (unpaired) electrons. The topological polar surface area (TPSA) is 118 Å². The third-order valence-electron chi connectivity index (χ3n) is 6.88. The maximum Gasteiger partial charge on any atom is 0.164 e. The van der Waals surface area contributed by atoms with E-state index in [2.05, 4.69) is 0 Å². The fourth-order valence-corrected chi connectivity index (χ4v) is 4.77. The molecule has 4 N–H and O–H groups in total. The van der Waals surface area contributed by atoms with Crippen molar-refractivity contribution in [2.45, 2.75) is 94.8 Å². The Morgan fingerprint density at radius 1 is 0.649 bits per heavy atom. The zero-order valence-corrected chi connectivity index (χ0v) is 22.2. The van der Waals surface area contributed by atoms with Gasteiger partial charge in [-0.25, -0.2) is 0 Å². The summed E-state index contributed by atoms with van der Waals surface area (Å²) in [6.07, 6.45) is -1.45. The summed E-state index contributed by atoms with van der Waals surface area (Å²) in [5.41, 5.74) is 1.59. The predicted octanol–water partition coefficient (Wildman–Crippen LogP) is 4.05. The highest BCUT2D eigenvalue weighted by molar-refractivity contribution is 5.29. The van der Waals surface area contributed by atoms with Crippen LogP contribution < -0.4 is 9.47 Å². The zero-order chi connectivity index (χ0) is 27.0. The van der Waals surface area contributed by atoms with E-state index in [-0.39, 0.29) is 0 Å². The van der Waals surface area contributed by atoms with E-state index in [0.29, 0.717) is 38.5 Å². The van der Waals surface area contributed by atoms with Crippen molar-refractivity contribution in [3.63, 3.8) is 0 Å². The SMILES string of the molecule is COc1ccc(C(O)CCC[C@@H](O)[C@@H]2OC(C)(C)O[C@H]2[C@H](O)CCCC(O)c2ccc(OC)cc2)cc1. The van der Waals surface area contributed by atoms with Crippen LogP contribution in [0.2, 0.25) is 0 Å². The molecule has 2 unspecified atom stereocenters. The number of benzene rings is 2. The average Bonchev–Trinajstić information content (AvgIpc) is 3.24. The first-order valence-electron chi connectivity index (χ1n) is 13.0. The molecular weight excluding hydrogens is 476 g/mol. The summed E-state index contributed by atoms with van der Waals surface area (Å²) in [5, 5.41) is 42.8. The molecule has 8 heteroatoms. The van der Waals surface area contributed by atoms with Crippen LogP contribution in [0.25, 0.3) is 0 Å². The van der Waals surface area contributed by atoms with Gasteiger partial charge in [-0.15, -0.1) is 0 Å². The van der Waals surface area contributed by atoms with Gasteiger partial charge in [0.05, 0.1) is 38.6 Å².